The third-order valence-corrected chi connectivity index (χ3v) is 5.59. The molecule has 2 heterocycles. The van der Waals surface area contributed by atoms with E-state index in [1.165, 1.54) is 35.0 Å². The molecule has 4 aromatic rings. The Morgan fingerprint density at radius 2 is 1.69 bits per heavy atom. The Morgan fingerprint density at radius 3 is 2.38 bits per heavy atom. The van der Waals surface area contributed by atoms with E-state index in [-0.39, 0.29) is 34.8 Å². The minimum Gasteiger partial charge on any atom is -0.493 e. The van der Waals surface area contributed by atoms with E-state index >= 15 is 0 Å². The molecule has 0 amide bonds. The van der Waals surface area contributed by atoms with Crippen LogP contribution in [0.25, 0.3) is 5.69 Å². The molecule has 0 saturated carbocycles. The summed E-state index contributed by atoms with van der Waals surface area (Å²) in [4.78, 5) is 17.1. The highest BCUT2D eigenvalue weighted by Gasteiger charge is 2.29. The molecule has 0 spiro atoms. The summed E-state index contributed by atoms with van der Waals surface area (Å²) in [5.41, 5.74) is -1.69. The summed E-state index contributed by atoms with van der Waals surface area (Å²) in [5, 5.41) is 10.3. The predicted molar refractivity (Wildman–Crippen MR) is 116 cm³/mol. The molecule has 0 fully saturated rings. The van der Waals surface area contributed by atoms with E-state index in [0.29, 0.717) is 6.42 Å². The van der Waals surface area contributed by atoms with Crippen molar-refractivity contribution in [1.29, 1.82) is 0 Å². The van der Waals surface area contributed by atoms with Gasteiger partial charge in [-0.05, 0) is 65.2 Å². The van der Waals surface area contributed by atoms with Gasteiger partial charge in [0.25, 0.3) is 0 Å². The third-order valence-electron chi connectivity index (χ3n) is 4.85. The predicted octanol–water partition coefficient (Wildman–Crippen LogP) is 4.99. The van der Waals surface area contributed by atoms with Crippen LogP contribution in [0, 0.1) is 0 Å². The van der Waals surface area contributed by atoms with E-state index in [2.05, 4.69) is 4.98 Å². The molecule has 0 saturated heterocycles. The van der Waals surface area contributed by atoms with Crippen LogP contribution in [-0.4, -0.2) is 24.7 Å². The lowest BCUT2D eigenvalue weighted by Gasteiger charge is -2.09. The van der Waals surface area contributed by atoms with Gasteiger partial charge in [0.1, 0.15) is 0 Å². The second-order valence-electron chi connectivity index (χ2n) is 7.08. The first-order valence-electron chi connectivity index (χ1n) is 9.63. The lowest BCUT2D eigenvalue weighted by atomic mass is 10.0. The second kappa shape index (κ2) is 8.96. The normalized spacial score (nSPS) is 11.6. The molecule has 0 aliphatic carbocycles. The van der Waals surface area contributed by atoms with E-state index in [1.807, 2.05) is 36.4 Å². The Hall–Kier alpha value is -3.46. The highest BCUT2D eigenvalue weighted by atomic mass is 32.2. The average molecular weight is 457 g/mol. The summed E-state index contributed by atoms with van der Waals surface area (Å²) >= 11 is -0.239. The summed E-state index contributed by atoms with van der Waals surface area (Å²) in [5.74, 6) is -0.301. The number of rotatable bonds is 6. The van der Waals surface area contributed by atoms with E-state index in [0.717, 1.165) is 21.3 Å². The number of pyridine rings is 1. The van der Waals surface area contributed by atoms with Crippen molar-refractivity contribution in [1.82, 2.24) is 14.1 Å². The monoisotopic (exact) mass is 457 g/mol. The molecule has 0 aliphatic rings. The lowest BCUT2D eigenvalue weighted by Crippen LogP contribution is -2.24. The first-order valence-corrected chi connectivity index (χ1v) is 10.4. The number of imidazole rings is 1. The summed E-state index contributed by atoms with van der Waals surface area (Å²) in [6, 6.07) is 16.9. The van der Waals surface area contributed by atoms with Gasteiger partial charge in [-0.15, -0.1) is 0 Å². The molecule has 1 N–H and O–H groups in total. The van der Waals surface area contributed by atoms with Crippen LogP contribution >= 0.6 is 11.8 Å². The number of thioether (sulfide) groups is 1. The van der Waals surface area contributed by atoms with Crippen molar-refractivity contribution in [3.63, 3.8) is 0 Å². The fraction of sp³-hybridized carbons (Fsp3) is 0.130. The summed E-state index contributed by atoms with van der Waals surface area (Å²) in [6.45, 7) is 0.214. The molecule has 0 atom stereocenters. The molecule has 2 aromatic carbocycles. The molecule has 0 radical (unpaired) electrons. The number of hydrogen-bond donors (Lipinski definition) is 1. The highest BCUT2D eigenvalue weighted by molar-refractivity contribution is 8.00. The van der Waals surface area contributed by atoms with Gasteiger partial charge in [0.2, 0.25) is 5.88 Å². The minimum atomic E-state index is -4.40. The molecule has 0 bridgehead atoms. The summed E-state index contributed by atoms with van der Waals surface area (Å²) in [6.07, 6.45) is 5.35. The van der Waals surface area contributed by atoms with Gasteiger partial charge < -0.3 is 5.11 Å². The Kier molecular flexibility index (Phi) is 6.09. The fourth-order valence-electron chi connectivity index (χ4n) is 3.40. The number of benzene rings is 2. The van der Waals surface area contributed by atoms with Crippen molar-refractivity contribution in [2.45, 2.75) is 23.4 Å². The van der Waals surface area contributed by atoms with Crippen molar-refractivity contribution in [2.24, 2.45) is 0 Å². The van der Waals surface area contributed by atoms with Crippen molar-refractivity contribution in [3.8, 4) is 11.6 Å². The van der Waals surface area contributed by atoms with Crippen LogP contribution < -0.4 is 5.69 Å². The molecule has 32 heavy (non-hydrogen) atoms. The Bertz CT molecular complexity index is 1270. The van der Waals surface area contributed by atoms with Crippen LogP contribution in [0.5, 0.6) is 5.88 Å². The highest BCUT2D eigenvalue weighted by Crippen LogP contribution is 2.37. The van der Waals surface area contributed by atoms with Crippen LogP contribution in [-0.2, 0) is 13.0 Å². The molecule has 9 heteroatoms. The smallest absolute Gasteiger partial charge is 0.446 e. The van der Waals surface area contributed by atoms with E-state index in [1.54, 1.807) is 12.4 Å². The number of aromatic hydroxyl groups is 1. The van der Waals surface area contributed by atoms with Gasteiger partial charge in [0, 0.05) is 17.3 Å². The Morgan fingerprint density at radius 1 is 0.969 bits per heavy atom. The molecular weight excluding hydrogens is 439 g/mol. The lowest BCUT2D eigenvalue weighted by molar-refractivity contribution is -0.0328. The molecule has 4 rings (SSSR count). The van der Waals surface area contributed by atoms with Crippen LogP contribution in [0.3, 0.4) is 0 Å². The SMILES string of the molecule is O=c1n(Cc2ccncc2Cc2ccccc2)cc(O)n1-c1ccc(SC(F)(F)F)cc1. The van der Waals surface area contributed by atoms with Crippen molar-refractivity contribution in [3.05, 3.63) is 106 Å². The van der Waals surface area contributed by atoms with Crippen LogP contribution in [0.4, 0.5) is 13.2 Å². The van der Waals surface area contributed by atoms with Gasteiger partial charge in [0.15, 0.2) is 0 Å². The fourth-order valence-corrected chi connectivity index (χ4v) is 3.94. The maximum Gasteiger partial charge on any atom is 0.446 e. The molecule has 0 unspecified atom stereocenters. The minimum absolute atomic E-state index is 0.00411. The largest absolute Gasteiger partial charge is 0.493 e. The van der Waals surface area contributed by atoms with Crippen molar-refractivity contribution < 1.29 is 18.3 Å². The van der Waals surface area contributed by atoms with Gasteiger partial charge in [0.05, 0.1) is 18.4 Å². The Labute approximate surface area is 185 Å². The quantitative estimate of drug-likeness (QED) is 0.415. The zero-order valence-corrected chi connectivity index (χ0v) is 17.5. The molecule has 5 nitrogen and oxygen atoms in total. The van der Waals surface area contributed by atoms with Gasteiger partial charge >= 0.3 is 11.2 Å². The van der Waals surface area contributed by atoms with Crippen LogP contribution in [0.2, 0.25) is 0 Å². The van der Waals surface area contributed by atoms with Gasteiger partial charge in [-0.1, -0.05) is 30.3 Å². The molecule has 0 aliphatic heterocycles. The van der Waals surface area contributed by atoms with E-state index in [9.17, 15) is 23.1 Å². The third kappa shape index (κ3) is 5.05. The Balaban J connectivity index is 1.60. The number of alkyl halides is 3. The number of halogens is 3. The summed E-state index contributed by atoms with van der Waals surface area (Å²) in [7, 11) is 0. The summed E-state index contributed by atoms with van der Waals surface area (Å²) < 4.78 is 40.0. The molecular formula is C23H18F3N3O2S. The van der Waals surface area contributed by atoms with Crippen LogP contribution in [0.1, 0.15) is 16.7 Å². The number of nitrogens with zero attached hydrogens (tertiary/aromatic N) is 3. The number of aromatic nitrogens is 3. The number of hydrogen-bond acceptors (Lipinski definition) is 4. The van der Waals surface area contributed by atoms with Gasteiger partial charge in [-0.3, -0.25) is 9.55 Å². The van der Waals surface area contributed by atoms with Gasteiger partial charge in [-0.2, -0.15) is 13.2 Å². The average Bonchev–Trinajstić information content (AvgIpc) is 3.03. The first kappa shape index (κ1) is 21.8. The van der Waals surface area contributed by atoms with E-state index in [4.69, 9.17) is 0 Å². The standard InChI is InChI=1S/C23H18F3N3O2S/c24-23(25,26)32-20-8-6-19(7-9-20)29-21(30)15-28(22(29)31)14-17-10-11-27-13-18(17)12-16-4-2-1-3-5-16/h1-11,13,15,30H,12,14H2. The van der Waals surface area contributed by atoms with E-state index < -0.39 is 11.2 Å². The molecule has 164 valence electrons. The topological polar surface area (TPSA) is 60.1 Å². The zero-order chi connectivity index (χ0) is 22.7. The second-order valence-corrected chi connectivity index (χ2v) is 8.22. The van der Waals surface area contributed by atoms with Crippen molar-refractivity contribution >= 4 is 11.8 Å². The maximum absolute atomic E-state index is 12.9. The van der Waals surface area contributed by atoms with Crippen LogP contribution in [0.15, 0.2) is 88.9 Å². The zero-order valence-electron chi connectivity index (χ0n) is 16.7. The maximum atomic E-state index is 12.9. The molecule has 2 aromatic heterocycles. The van der Waals surface area contributed by atoms with Gasteiger partial charge in [-0.25, -0.2) is 9.36 Å². The first-order chi connectivity index (χ1) is 15.3. The van der Waals surface area contributed by atoms with Crippen molar-refractivity contribution in [2.75, 3.05) is 0 Å².